The molecule has 0 bridgehead atoms. The highest BCUT2D eigenvalue weighted by atomic mass is 32.1. The highest BCUT2D eigenvalue weighted by Crippen LogP contribution is 2.17. The van der Waals surface area contributed by atoms with Gasteiger partial charge in [0, 0.05) is 26.1 Å². The maximum Gasteiger partial charge on any atom is 0.308 e. The summed E-state index contributed by atoms with van der Waals surface area (Å²) in [4.78, 5) is 37.5. The summed E-state index contributed by atoms with van der Waals surface area (Å²) >= 11 is 1.16. The Morgan fingerprint density at radius 2 is 2.13 bits per heavy atom. The highest BCUT2D eigenvalue weighted by molar-refractivity contribution is 7.16. The van der Waals surface area contributed by atoms with Crippen LogP contribution in [0.4, 0.5) is 0 Å². The molecule has 6 nitrogen and oxygen atoms in total. The minimum absolute atomic E-state index is 0.00106. The molecule has 1 fully saturated rings. The largest absolute Gasteiger partial charge is 0.352 e. The number of fused-ring (bicyclic) bond motifs is 1. The fourth-order valence-corrected chi connectivity index (χ4v) is 3.90. The maximum atomic E-state index is 12.6. The van der Waals surface area contributed by atoms with Crippen molar-refractivity contribution in [2.75, 3.05) is 13.1 Å². The van der Waals surface area contributed by atoms with Crippen LogP contribution in [0.1, 0.15) is 19.8 Å². The standard InChI is InChI=1S/C16H19N3O3S/c1-11(20)17-12-5-4-8-18(9-12)15(21)10-19-13-6-2-3-7-14(13)23-16(19)22/h2-3,6-7,12H,4-5,8-10H2,1H3,(H,17,20). The zero-order valence-electron chi connectivity index (χ0n) is 12.9. The van der Waals surface area contributed by atoms with Crippen molar-refractivity contribution in [3.05, 3.63) is 33.9 Å². The van der Waals surface area contributed by atoms with Gasteiger partial charge in [0.15, 0.2) is 0 Å². The monoisotopic (exact) mass is 333 g/mol. The molecule has 2 aromatic rings. The molecule has 122 valence electrons. The number of rotatable bonds is 3. The predicted molar refractivity (Wildman–Crippen MR) is 89.5 cm³/mol. The number of likely N-dealkylation sites (tertiary alicyclic amines) is 1. The number of amides is 2. The van der Waals surface area contributed by atoms with Gasteiger partial charge in [0.25, 0.3) is 0 Å². The van der Waals surface area contributed by atoms with Crippen LogP contribution in [0, 0.1) is 0 Å². The van der Waals surface area contributed by atoms with Gasteiger partial charge in [0.05, 0.1) is 10.2 Å². The van der Waals surface area contributed by atoms with Crippen LogP contribution < -0.4 is 10.2 Å². The van der Waals surface area contributed by atoms with E-state index in [2.05, 4.69) is 5.32 Å². The smallest absolute Gasteiger partial charge is 0.308 e. The van der Waals surface area contributed by atoms with Crippen molar-refractivity contribution >= 4 is 33.4 Å². The van der Waals surface area contributed by atoms with Gasteiger partial charge in [-0.05, 0) is 25.0 Å². The Kier molecular flexibility index (Phi) is 4.47. The van der Waals surface area contributed by atoms with Crippen LogP contribution in [-0.2, 0) is 16.1 Å². The van der Waals surface area contributed by atoms with Gasteiger partial charge in [-0.15, -0.1) is 0 Å². The van der Waals surface area contributed by atoms with Crippen molar-refractivity contribution in [1.82, 2.24) is 14.8 Å². The van der Waals surface area contributed by atoms with Crippen LogP contribution in [0.5, 0.6) is 0 Å². The van der Waals surface area contributed by atoms with Crippen LogP contribution in [0.15, 0.2) is 29.1 Å². The molecule has 1 atom stereocenters. The molecule has 0 spiro atoms. The summed E-state index contributed by atoms with van der Waals surface area (Å²) in [6.45, 7) is 2.72. The van der Waals surface area contributed by atoms with E-state index in [4.69, 9.17) is 0 Å². The summed E-state index contributed by atoms with van der Waals surface area (Å²) < 4.78 is 2.42. The summed E-state index contributed by atoms with van der Waals surface area (Å²) in [5.74, 6) is -0.157. The molecule has 1 aromatic heterocycles. The third-order valence-corrected chi connectivity index (χ3v) is 5.01. The number of nitrogens with one attached hydrogen (secondary N) is 1. The van der Waals surface area contributed by atoms with Gasteiger partial charge in [-0.25, -0.2) is 0 Å². The molecule has 1 aromatic carbocycles. The second-order valence-electron chi connectivity index (χ2n) is 5.80. The summed E-state index contributed by atoms with van der Waals surface area (Å²) in [6.07, 6.45) is 1.74. The van der Waals surface area contributed by atoms with E-state index in [9.17, 15) is 14.4 Å². The highest BCUT2D eigenvalue weighted by Gasteiger charge is 2.24. The van der Waals surface area contributed by atoms with Gasteiger partial charge in [-0.3, -0.25) is 19.0 Å². The van der Waals surface area contributed by atoms with Gasteiger partial charge in [-0.1, -0.05) is 23.5 Å². The molecule has 1 N–H and O–H groups in total. The van der Waals surface area contributed by atoms with E-state index in [1.807, 2.05) is 24.3 Å². The van der Waals surface area contributed by atoms with Gasteiger partial charge in [0.1, 0.15) is 6.54 Å². The Balaban J connectivity index is 1.74. The molecule has 0 saturated carbocycles. The van der Waals surface area contributed by atoms with Crippen LogP contribution in [0.25, 0.3) is 10.2 Å². The molecule has 1 aliphatic heterocycles. The Morgan fingerprint density at radius 1 is 1.35 bits per heavy atom. The number of hydrogen-bond acceptors (Lipinski definition) is 4. The molecule has 1 saturated heterocycles. The number of carbonyl (C=O) groups excluding carboxylic acids is 2. The van der Waals surface area contributed by atoms with Crippen molar-refractivity contribution in [2.45, 2.75) is 32.4 Å². The summed E-state index contributed by atoms with van der Waals surface area (Å²) in [6, 6.07) is 7.49. The van der Waals surface area contributed by atoms with Gasteiger partial charge < -0.3 is 10.2 Å². The minimum atomic E-state index is -0.116. The summed E-state index contributed by atoms with van der Waals surface area (Å²) in [5, 5.41) is 2.87. The Labute approximate surface area is 137 Å². The van der Waals surface area contributed by atoms with Crippen LogP contribution in [0.2, 0.25) is 0 Å². The lowest BCUT2D eigenvalue weighted by Crippen LogP contribution is -2.50. The third kappa shape index (κ3) is 3.44. The van der Waals surface area contributed by atoms with Gasteiger partial charge in [0.2, 0.25) is 11.8 Å². The van der Waals surface area contributed by atoms with Crippen molar-refractivity contribution < 1.29 is 9.59 Å². The first-order valence-corrected chi connectivity index (χ1v) is 8.49. The average molecular weight is 333 g/mol. The molecule has 7 heteroatoms. The normalized spacial score (nSPS) is 18.1. The average Bonchev–Trinajstić information content (AvgIpc) is 2.83. The molecular formula is C16H19N3O3S. The van der Waals surface area contributed by atoms with Crippen LogP contribution in [-0.4, -0.2) is 40.4 Å². The Hall–Kier alpha value is -2.15. The number of benzene rings is 1. The van der Waals surface area contributed by atoms with E-state index < -0.39 is 0 Å². The van der Waals surface area contributed by atoms with E-state index in [1.54, 1.807) is 4.90 Å². The van der Waals surface area contributed by atoms with Crippen LogP contribution in [0.3, 0.4) is 0 Å². The lowest BCUT2D eigenvalue weighted by molar-refractivity contribution is -0.134. The number of hydrogen-bond donors (Lipinski definition) is 1. The first-order chi connectivity index (χ1) is 11.0. The number of para-hydroxylation sites is 1. The number of thiazole rings is 1. The second-order valence-corrected chi connectivity index (χ2v) is 6.79. The third-order valence-electron chi connectivity index (χ3n) is 4.05. The molecule has 0 radical (unpaired) electrons. The lowest BCUT2D eigenvalue weighted by Gasteiger charge is -2.33. The molecule has 23 heavy (non-hydrogen) atoms. The van der Waals surface area contributed by atoms with Gasteiger partial charge in [-0.2, -0.15) is 0 Å². The molecule has 1 aliphatic rings. The Bertz CT molecular complexity index is 795. The lowest BCUT2D eigenvalue weighted by atomic mass is 10.1. The first-order valence-electron chi connectivity index (χ1n) is 7.68. The van der Waals surface area contributed by atoms with E-state index in [0.29, 0.717) is 13.1 Å². The number of aromatic nitrogens is 1. The molecule has 1 unspecified atom stereocenters. The zero-order valence-corrected chi connectivity index (χ0v) is 13.8. The molecular weight excluding hydrogens is 314 g/mol. The fourth-order valence-electron chi connectivity index (χ4n) is 3.01. The fraction of sp³-hybridized carbons (Fsp3) is 0.438. The number of carbonyl (C=O) groups is 2. The van der Waals surface area contributed by atoms with E-state index >= 15 is 0 Å². The summed E-state index contributed by atoms with van der Waals surface area (Å²) in [5.41, 5.74) is 0.797. The van der Waals surface area contributed by atoms with E-state index in [1.165, 1.54) is 11.5 Å². The van der Waals surface area contributed by atoms with Crippen molar-refractivity contribution in [3.8, 4) is 0 Å². The quantitative estimate of drug-likeness (QED) is 0.917. The SMILES string of the molecule is CC(=O)NC1CCCN(C(=O)Cn2c(=O)sc3ccccc32)C1. The minimum Gasteiger partial charge on any atom is -0.352 e. The predicted octanol–water partition coefficient (Wildman–Crippen LogP) is 1.19. The summed E-state index contributed by atoms with van der Waals surface area (Å²) in [7, 11) is 0. The van der Waals surface area contributed by atoms with E-state index in [-0.39, 0.29) is 29.3 Å². The first kappa shape index (κ1) is 15.7. The molecule has 2 heterocycles. The van der Waals surface area contributed by atoms with Crippen LogP contribution >= 0.6 is 11.3 Å². The topological polar surface area (TPSA) is 71.4 Å². The number of nitrogens with zero attached hydrogens (tertiary/aromatic N) is 2. The van der Waals surface area contributed by atoms with Crippen molar-refractivity contribution in [2.24, 2.45) is 0 Å². The second kappa shape index (κ2) is 6.54. The molecule has 0 aliphatic carbocycles. The van der Waals surface area contributed by atoms with E-state index in [0.717, 1.165) is 34.4 Å². The maximum absolute atomic E-state index is 12.6. The molecule has 3 rings (SSSR count). The molecule has 2 amide bonds. The zero-order chi connectivity index (χ0) is 16.4. The van der Waals surface area contributed by atoms with Gasteiger partial charge >= 0.3 is 4.87 Å². The number of piperidine rings is 1. The van der Waals surface area contributed by atoms with Crippen molar-refractivity contribution in [3.63, 3.8) is 0 Å². The van der Waals surface area contributed by atoms with Crippen molar-refractivity contribution in [1.29, 1.82) is 0 Å². The Morgan fingerprint density at radius 3 is 2.91 bits per heavy atom.